The lowest BCUT2D eigenvalue weighted by molar-refractivity contribution is -0.0406. The number of aromatic nitrogens is 1. The molecule has 1 saturated heterocycles. The molecule has 0 unspecified atom stereocenters. The fraction of sp³-hybridized carbons (Fsp3) is 0.647. The quantitative estimate of drug-likeness (QED) is 0.902. The average Bonchev–Trinajstić information content (AvgIpc) is 2.53. The third-order valence-electron chi connectivity index (χ3n) is 4.55. The molecule has 22 heavy (non-hydrogen) atoms. The Labute approximate surface area is 132 Å². The highest BCUT2D eigenvalue weighted by molar-refractivity contribution is 5.62. The number of rotatable bonds is 2. The average molecular weight is 300 g/mol. The van der Waals surface area contributed by atoms with Gasteiger partial charge in [-0.1, -0.05) is 6.92 Å². The van der Waals surface area contributed by atoms with Gasteiger partial charge in [0.1, 0.15) is 11.9 Å². The first kappa shape index (κ1) is 15.3. The van der Waals surface area contributed by atoms with E-state index in [1.165, 1.54) is 0 Å². The van der Waals surface area contributed by atoms with Crippen LogP contribution >= 0.6 is 0 Å². The highest BCUT2D eigenvalue weighted by atomic mass is 16.5. The van der Waals surface area contributed by atoms with Crippen molar-refractivity contribution in [2.45, 2.75) is 45.8 Å². The molecule has 0 spiro atoms. The summed E-state index contributed by atoms with van der Waals surface area (Å²) >= 11 is 0. The smallest absolute Gasteiger partial charge is 0.147 e. The Hall–Kier alpha value is -1.64. The number of hydrogen-bond donors (Lipinski definition) is 1. The minimum absolute atomic E-state index is 0.217. The first-order valence-corrected chi connectivity index (χ1v) is 8.10. The lowest BCUT2D eigenvalue weighted by Gasteiger charge is -2.36. The van der Waals surface area contributed by atoms with Gasteiger partial charge < -0.3 is 15.0 Å². The Kier molecular flexibility index (Phi) is 4.07. The Bertz CT molecular complexity index is 612. The monoisotopic (exact) mass is 300 g/mol. The van der Waals surface area contributed by atoms with Gasteiger partial charge in [0.15, 0.2) is 0 Å². The summed E-state index contributed by atoms with van der Waals surface area (Å²) in [4.78, 5) is 7.09. The lowest BCUT2D eigenvalue weighted by Crippen LogP contribution is -2.44. The van der Waals surface area contributed by atoms with E-state index >= 15 is 0 Å². The third kappa shape index (κ3) is 2.69. The second-order valence-corrected chi connectivity index (χ2v) is 6.64. The molecule has 3 heterocycles. The summed E-state index contributed by atoms with van der Waals surface area (Å²) in [6.45, 7) is 10.6. The summed E-state index contributed by atoms with van der Waals surface area (Å²) in [5.74, 6) is 0.873. The molecule has 0 radical (unpaired) electrons. The highest BCUT2D eigenvalue weighted by Gasteiger charge is 2.32. The molecule has 1 N–H and O–H groups in total. The van der Waals surface area contributed by atoms with E-state index in [2.05, 4.69) is 37.1 Å². The molecule has 2 aliphatic heterocycles. The van der Waals surface area contributed by atoms with Gasteiger partial charge in [-0.15, -0.1) is 0 Å². The predicted molar refractivity (Wildman–Crippen MR) is 86.0 cm³/mol. The molecule has 118 valence electrons. The van der Waals surface area contributed by atoms with Crippen LogP contribution in [-0.2, 0) is 24.2 Å². The molecule has 5 nitrogen and oxygen atoms in total. The molecule has 0 aromatic carbocycles. The largest absolute Gasteiger partial charge is 0.370 e. The number of fused-ring (bicyclic) bond motifs is 1. The summed E-state index contributed by atoms with van der Waals surface area (Å²) in [6.07, 6.45) is 1.65. The van der Waals surface area contributed by atoms with Gasteiger partial charge in [-0.3, -0.25) is 0 Å². The molecule has 0 aliphatic carbocycles. The standard InChI is InChI=1S/C17H24N4O/c1-4-15-14-11-22-17(2,3)9-12(14)13(10-18)16(20-15)21-7-5-19-6-8-21/h19H,4-9,11H2,1-3H3. The van der Waals surface area contributed by atoms with Crippen molar-refractivity contribution >= 4 is 5.82 Å². The van der Waals surface area contributed by atoms with Gasteiger partial charge >= 0.3 is 0 Å². The van der Waals surface area contributed by atoms with E-state index in [1.807, 2.05) is 0 Å². The summed E-state index contributed by atoms with van der Waals surface area (Å²) in [5, 5.41) is 13.1. The number of anilines is 1. The van der Waals surface area contributed by atoms with Gasteiger partial charge in [0, 0.05) is 43.9 Å². The van der Waals surface area contributed by atoms with Crippen LogP contribution in [0.25, 0.3) is 0 Å². The number of nitriles is 1. The number of aryl methyl sites for hydroxylation is 1. The first-order valence-electron chi connectivity index (χ1n) is 8.10. The zero-order chi connectivity index (χ0) is 15.7. The Morgan fingerprint density at radius 1 is 1.32 bits per heavy atom. The zero-order valence-electron chi connectivity index (χ0n) is 13.7. The minimum atomic E-state index is -0.217. The molecular weight excluding hydrogens is 276 g/mol. The SMILES string of the molecule is CCc1nc(N2CCNCC2)c(C#N)c2c1COC(C)(C)C2. The van der Waals surface area contributed by atoms with Gasteiger partial charge in [0.25, 0.3) is 0 Å². The van der Waals surface area contributed by atoms with Crippen molar-refractivity contribution in [2.75, 3.05) is 31.1 Å². The highest BCUT2D eigenvalue weighted by Crippen LogP contribution is 2.35. The van der Waals surface area contributed by atoms with Crippen molar-refractivity contribution in [1.82, 2.24) is 10.3 Å². The van der Waals surface area contributed by atoms with Crippen LogP contribution in [-0.4, -0.2) is 36.8 Å². The van der Waals surface area contributed by atoms with E-state index in [-0.39, 0.29) is 5.60 Å². The van der Waals surface area contributed by atoms with E-state index in [0.717, 1.165) is 67.2 Å². The molecule has 0 bridgehead atoms. The van der Waals surface area contributed by atoms with Crippen molar-refractivity contribution in [2.24, 2.45) is 0 Å². The van der Waals surface area contributed by atoms with E-state index in [1.54, 1.807) is 0 Å². The normalized spacial score (nSPS) is 20.4. The van der Waals surface area contributed by atoms with Crippen LogP contribution in [0.1, 0.15) is 43.2 Å². The van der Waals surface area contributed by atoms with Crippen LogP contribution in [0.5, 0.6) is 0 Å². The van der Waals surface area contributed by atoms with Crippen molar-refractivity contribution < 1.29 is 4.74 Å². The van der Waals surface area contributed by atoms with Crippen LogP contribution in [0.3, 0.4) is 0 Å². The van der Waals surface area contributed by atoms with Crippen LogP contribution < -0.4 is 10.2 Å². The van der Waals surface area contributed by atoms with E-state index in [0.29, 0.717) is 6.61 Å². The minimum Gasteiger partial charge on any atom is -0.370 e. The van der Waals surface area contributed by atoms with Gasteiger partial charge in [-0.25, -0.2) is 4.98 Å². The van der Waals surface area contributed by atoms with Crippen molar-refractivity contribution in [3.63, 3.8) is 0 Å². The summed E-state index contributed by atoms with van der Waals surface area (Å²) in [7, 11) is 0. The van der Waals surface area contributed by atoms with E-state index in [4.69, 9.17) is 9.72 Å². The summed E-state index contributed by atoms with van der Waals surface area (Å²) in [6, 6.07) is 2.43. The van der Waals surface area contributed by atoms with Crippen LogP contribution in [0.15, 0.2) is 0 Å². The van der Waals surface area contributed by atoms with Gasteiger partial charge in [0.05, 0.1) is 17.8 Å². The Morgan fingerprint density at radius 2 is 2.05 bits per heavy atom. The predicted octanol–water partition coefficient (Wildman–Crippen LogP) is 1.78. The molecule has 1 aromatic heterocycles. The van der Waals surface area contributed by atoms with Gasteiger partial charge in [-0.05, 0) is 25.8 Å². The topological polar surface area (TPSA) is 61.2 Å². The third-order valence-corrected chi connectivity index (χ3v) is 4.55. The second kappa shape index (κ2) is 5.86. The van der Waals surface area contributed by atoms with Crippen LogP contribution in [0.4, 0.5) is 5.82 Å². The maximum atomic E-state index is 9.77. The number of pyridine rings is 1. The molecule has 2 aliphatic rings. The number of ether oxygens (including phenoxy) is 1. The molecule has 3 rings (SSSR count). The molecule has 0 atom stereocenters. The van der Waals surface area contributed by atoms with Crippen LogP contribution in [0, 0.1) is 11.3 Å². The Morgan fingerprint density at radius 3 is 2.68 bits per heavy atom. The van der Waals surface area contributed by atoms with Gasteiger partial charge in [-0.2, -0.15) is 5.26 Å². The number of piperazine rings is 1. The molecular formula is C17H24N4O. The van der Waals surface area contributed by atoms with E-state index < -0.39 is 0 Å². The van der Waals surface area contributed by atoms with Gasteiger partial charge in [0.2, 0.25) is 0 Å². The maximum Gasteiger partial charge on any atom is 0.147 e. The molecule has 1 aromatic rings. The van der Waals surface area contributed by atoms with Crippen LogP contribution in [0.2, 0.25) is 0 Å². The zero-order valence-corrected chi connectivity index (χ0v) is 13.7. The molecule has 0 amide bonds. The maximum absolute atomic E-state index is 9.77. The van der Waals surface area contributed by atoms with Crippen molar-refractivity contribution in [3.05, 3.63) is 22.4 Å². The van der Waals surface area contributed by atoms with Crippen molar-refractivity contribution in [1.29, 1.82) is 5.26 Å². The molecule has 5 heteroatoms. The fourth-order valence-corrected chi connectivity index (χ4v) is 3.34. The Balaban J connectivity index is 2.13. The number of nitrogens with one attached hydrogen (secondary N) is 1. The van der Waals surface area contributed by atoms with Crippen molar-refractivity contribution in [3.8, 4) is 6.07 Å². The lowest BCUT2D eigenvalue weighted by atomic mass is 9.87. The first-order chi connectivity index (χ1) is 10.6. The number of nitrogens with zero attached hydrogens (tertiary/aromatic N) is 3. The van der Waals surface area contributed by atoms with E-state index in [9.17, 15) is 5.26 Å². The fourth-order valence-electron chi connectivity index (χ4n) is 3.34. The summed E-state index contributed by atoms with van der Waals surface area (Å²) in [5.41, 5.74) is 3.91. The summed E-state index contributed by atoms with van der Waals surface area (Å²) < 4.78 is 5.95. The molecule has 0 saturated carbocycles. The second-order valence-electron chi connectivity index (χ2n) is 6.64. The number of hydrogen-bond acceptors (Lipinski definition) is 5. The molecule has 1 fully saturated rings.